The largest absolute Gasteiger partial charge is 0.379 e. The lowest BCUT2D eigenvalue weighted by atomic mass is 9.83. The maximum Gasteiger partial charge on any atom is 0.0776 e. The van der Waals surface area contributed by atoms with E-state index in [0.717, 1.165) is 23.1 Å². The Morgan fingerprint density at radius 2 is 2.00 bits per heavy atom. The zero-order valence-corrected chi connectivity index (χ0v) is 15.3. The van der Waals surface area contributed by atoms with Crippen molar-refractivity contribution in [1.82, 2.24) is 15.1 Å². The molecule has 116 valence electrons. The summed E-state index contributed by atoms with van der Waals surface area (Å²) in [6, 6.07) is 0.260. The van der Waals surface area contributed by atoms with Gasteiger partial charge in [-0.25, -0.2) is 0 Å². The molecule has 1 aromatic rings. The lowest BCUT2D eigenvalue weighted by Crippen LogP contribution is -2.49. The van der Waals surface area contributed by atoms with Gasteiger partial charge in [0, 0.05) is 26.6 Å². The van der Waals surface area contributed by atoms with Gasteiger partial charge in [0.25, 0.3) is 0 Å². The normalized spacial score (nSPS) is 15.4. The van der Waals surface area contributed by atoms with Crippen molar-refractivity contribution in [1.29, 1.82) is 0 Å². The number of methoxy groups -OCH3 is 1. The van der Waals surface area contributed by atoms with Crippen LogP contribution in [0.4, 0.5) is 0 Å². The molecule has 1 aromatic heterocycles. The Bertz CT molecular complexity index is 437. The average molecular weight is 346 g/mol. The molecule has 5 heteroatoms. The molecule has 0 aliphatic heterocycles. The van der Waals surface area contributed by atoms with Crippen LogP contribution in [0.3, 0.4) is 0 Å². The fourth-order valence-electron chi connectivity index (χ4n) is 2.78. The molecule has 1 heterocycles. The van der Waals surface area contributed by atoms with E-state index < -0.39 is 0 Å². The smallest absolute Gasteiger partial charge is 0.0776 e. The predicted octanol–water partition coefficient (Wildman–Crippen LogP) is 3.07. The summed E-state index contributed by atoms with van der Waals surface area (Å²) >= 11 is 3.65. The van der Waals surface area contributed by atoms with Crippen LogP contribution in [0.1, 0.15) is 39.1 Å². The quantitative estimate of drug-likeness (QED) is 0.860. The van der Waals surface area contributed by atoms with Crippen LogP contribution in [0, 0.1) is 12.3 Å². The van der Waals surface area contributed by atoms with Crippen molar-refractivity contribution >= 4 is 15.9 Å². The fraction of sp³-hybridized carbons (Fsp3) is 0.800. The van der Waals surface area contributed by atoms with Gasteiger partial charge in [0.05, 0.1) is 22.0 Å². The van der Waals surface area contributed by atoms with Gasteiger partial charge in [-0.2, -0.15) is 5.10 Å². The van der Waals surface area contributed by atoms with Crippen LogP contribution < -0.4 is 5.32 Å². The van der Waals surface area contributed by atoms with Gasteiger partial charge in [-0.15, -0.1) is 0 Å². The average Bonchev–Trinajstić information content (AvgIpc) is 2.55. The molecule has 0 saturated heterocycles. The molecule has 1 rings (SSSR count). The molecule has 0 bridgehead atoms. The molecule has 0 fully saturated rings. The molecule has 0 amide bonds. The predicted molar refractivity (Wildman–Crippen MR) is 87.1 cm³/mol. The van der Waals surface area contributed by atoms with Crippen LogP contribution in [-0.2, 0) is 18.2 Å². The number of hydrogen-bond donors (Lipinski definition) is 1. The zero-order valence-electron chi connectivity index (χ0n) is 13.7. The number of aryl methyl sites for hydroxylation is 2. The highest BCUT2D eigenvalue weighted by molar-refractivity contribution is 9.10. The van der Waals surface area contributed by atoms with Gasteiger partial charge < -0.3 is 10.1 Å². The number of nitrogens with one attached hydrogen (secondary N) is 1. The minimum atomic E-state index is 0.0850. The van der Waals surface area contributed by atoms with E-state index in [4.69, 9.17) is 4.74 Å². The number of aromatic nitrogens is 2. The summed E-state index contributed by atoms with van der Waals surface area (Å²) in [7, 11) is 3.79. The summed E-state index contributed by atoms with van der Waals surface area (Å²) < 4.78 is 8.84. The Hall–Kier alpha value is -0.390. The van der Waals surface area contributed by atoms with Gasteiger partial charge in [-0.3, -0.25) is 4.68 Å². The van der Waals surface area contributed by atoms with Crippen molar-refractivity contribution < 1.29 is 4.74 Å². The molecular formula is C15H28BrN3O. The van der Waals surface area contributed by atoms with Crippen molar-refractivity contribution in [2.75, 3.05) is 13.7 Å². The first-order valence-electron chi connectivity index (χ1n) is 7.16. The van der Waals surface area contributed by atoms with E-state index in [2.05, 4.69) is 54.0 Å². The third-order valence-corrected chi connectivity index (χ3v) is 4.65. The van der Waals surface area contributed by atoms with E-state index in [9.17, 15) is 0 Å². The minimum absolute atomic E-state index is 0.0850. The second-order valence-electron chi connectivity index (χ2n) is 6.36. The van der Waals surface area contributed by atoms with Gasteiger partial charge in [0.15, 0.2) is 0 Å². The topological polar surface area (TPSA) is 39.1 Å². The monoisotopic (exact) mass is 345 g/mol. The van der Waals surface area contributed by atoms with E-state index in [1.165, 1.54) is 5.69 Å². The molecular weight excluding hydrogens is 318 g/mol. The van der Waals surface area contributed by atoms with E-state index >= 15 is 0 Å². The Balaban J connectivity index is 3.02. The van der Waals surface area contributed by atoms with E-state index in [0.29, 0.717) is 0 Å². The SMILES string of the molecule is CCNC(Cc1c(Br)c(C)nn1C)C(OC)C(C)(C)C. The number of rotatable bonds is 6. The van der Waals surface area contributed by atoms with Gasteiger partial charge in [-0.1, -0.05) is 27.7 Å². The molecule has 0 aliphatic rings. The van der Waals surface area contributed by atoms with Crippen molar-refractivity contribution in [2.45, 2.75) is 53.2 Å². The number of hydrogen-bond acceptors (Lipinski definition) is 3. The van der Waals surface area contributed by atoms with Crippen LogP contribution in [-0.4, -0.2) is 35.6 Å². The van der Waals surface area contributed by atoms with E-state index in [1.54, 1.807) is 7.11 Å². The second-order valence-corrected chi connectivity index (χ2v) is 7.15. The van der Waals surface area contributed by atoms with Crippen LogP contribution in [0.2, 0.25) is 0 Å². The molecule has 2 atom stereocenters. The molecule has 1 N–H and O–H groups in total. The molecule has 0 saturated carbocycles. The van der Waals surface area contributed by atoms with Crippen molar-refractivity contribution in [3.05, 3.63) is 15.9 Å². The Morgan fingerprint density at radius 1 is 1.40 bits per heavy atom. The third-order valence-electron chi connectivity index (χ3n) is 3.61. The highest BCUT2D eigenvalue weighted by atomic mass is 79.9. The minimum Gasteiger partial charge on any atom is -0.379 e. The lowest BCUT2D eigenvalue weighted by molar-refractivity contribution is -0.0110. The summed E-state index contributed by atoms with van der Waals surface area (Å²) in [6.45, 7) is 11.7. The maximum absolute atomic E-state index is 5.78. The standard InChI is InChI=1S/C15H28BrN3O/c1-8-17-11(14(20-7)15(3,4)5)9-12-13(16)10(2)18-19(12)6/h11,14,17H,8-9H2,1-7H3. The molecule has 20 heavy (non-hydrogen) atoms. The van der Waals surface area contributed by atoms with Gasteiger partial charge in [0.2, 0.25) is 0 Å². The Kier molecular flexibility index (Phi) is 6.23. The first-order chi connectivity index (χ1) is 9.22. The zero-order chi connectivity index (χ0) is 15.5. The number of nitrogens with zero attached hydrogens (tertiary/aromatic N) is 2. The summed E-state index contributed by atoms with van der Waals surface area (Å²) in [6.07, 6.45) is 1.03. The van der Waals surface area contributed by atoms with Gasteiger partial charge >= 0.3 is 0 Å². The molecule has 0 radical (unpaired) electrons. The maximum atomic E-state index is 5.78. The number of ether oxygens (including phenoxy) is 1. The summed E-state index contributed by atoms with van der Waals surface area (Å²) in [5, 5.41) is 8.04. The van der Waals surface area contributed by atoms with E-state index in [-0.39, 0.29) is 17.6 Å². The number of likely N-dealkylation sites (N-methyl/N-ethyl adjacent to an activating group) is 1. The first kappa shape index (κ1) is 17.7. The van der Waals surface area contributed by atoms with Crippen molar-refractivity contribution in [3.8, 4) is 0 Å². The highest BCUT2D eigenvalue weighted by Crippen LogP contribution is 2.28. The summed E-state index contributed by atoms with van der Waals surface area (Å²) in [5.41, 5.74) is 2.32. The Labute approximate surface area is 131 Å². The lowest BCUT2D eigenvalue weighted by Gasteiger charge is -2.36. The van der Waals surface area contributed by atoms with Gasteiger partial charge in [-0.05, 0) is 34.8 Å². The van der Waals surface area contributed by atoms with Crippen LogP contribution in [0.25, 0.3) is 0 Å². The molecule has 0 aromatic carbocycles. The highest BCUT2D eigenvalue weighted by Gasteiger charge is 2.33. The van der Waals surface area contributed by atoms with Crippen LogP contribution >= 0.6 is 15.9 Å². The molecule has 0 spiro atoms. The Morgan fingerprint density at radius 3 is 2.35 bits per heavy atom. The van der Waals surface area contributed by atoms with E-state index in [1.807, 2.05) is 18.7 Å². The van der Waals surface area contributed by atoms with Crippen molar-refractivity contribution in [3.63, 3.8) is 0 Å². The number of halogens is 1. The first-order valence-corrected chi connectivity index (χ1v) is 7.95. The second kappa shape index (κ2) is 7.05. The van der Waals surface area contributed by atoms with Crippen molar-refractivity contribution in [2.24, 2.45) is 12.5 Å². The molecule has 4 nitrogen and oxygen atoms in total. The van der Waals surface area contributed by atoms with Crippen LogP contribution in [0.15, 0.2) is 4.47 Å². The van der Waals surface area contributed by atoms with Gasteiger partial charge in [0.1, 0.15) is 0 Å². The summed E-state index contributed by atoms with van der Waals surface area (Å²) in [5.74, 6) is 0. The molecule has 2 unspecified atom stereocenters. The summed E-state index contributed by atoms with van der Waals surface area (Å²) in [4.78, 5) is 0. The van der Waals surface area contributed by atoms with Crippen LogP contribution in [0.5, 0.6) is 0 Å². The third kappa shape index (κ3) is 4.06. The molecule has 0 aliphatic carbocycles. The fourth-order valence-corrected chi connectivity index (χ4v) is 3.28.